The van der Waals surface area contributed by atoms with E-state index in [-0.39, 0.29) is 5.41 Å². The Hall–Kier alpha value is -0.860. The Morgan fingerprint density at radius 2 is 1.71 bits per heavy atom. The molecule has 1 fully saturated rings. The van der Waals surface area contributed by atoms with Crippen LogP contribution in [0.4, 0.5) is 0 Å². The topological polar surface area (TPSA) is 46.2 Å². The molecule has 0 aliphatic heterocycles. The van der Waals surface area contributed by atoms with Crippen LogP contribution in [0.1, 0.15) is 56.3 Å². The van der Waals surface area contributed by atoms with E-state index in [1.165, 1.54) is 12.0 Å². The first-order valence-electron chi connectivity index (χ1n) is 6.57. The lowest BCUT2D eigenvalue weighted by molar-refractivity contribution is -0.0297. The average molecular weight is 233 g/mol. The van der Waals surface area contributed by atoms with Gasteiger partial charge in [-0.2, -0.15) is 0 Å². The van der Waals surface area contributed by atoms with Crippen LogP contribution in [0.25, 0.3) is 0 Å². The van der Waals surface area contributed by atoms with Crippen molar-refractivity contribution in [2.75, 3.05) is 6.54 Å². The molecule has 0 amide bonds. The maximum atomic E-state index is 10.4. The lowest BCUT2D eigenvalue weighted by Crippen LogP contribution is -2.42. The summed E-state index contributed by atoms with van der Waals surface area (Å²) in [4.78, 5) is 0. The molecule has 17 heavy (non-hydrogen) atoms. The van der Waals surface area contributed by atoms with Gasteiger partial charge in [-0.3, -0.25) is 0 Å². The Labute approximate surface area is 104 Å². The molecule has 0 radical (unpaired) electrons. The van der Waals surface area contributed by atoms with E-state index in [0.29, 0.717) is 12.5 Å². The van der Waals surface area contributed by atoms with Gasteiger partial charge in [-0.1, -0.05) is 44.5 Å². The van der Waals surface area contributed by atoms with Gasteiger partial charge in [0.1, 0.15) is 0 Å². The summed E-state index contributed by atoms with van der Waals surface area (Å²) >= 11 is 0. The molecule has 1 saturated carbocycles. The van der Waals surface area contributed by atoms with Crippen molar-refractivity contribution in [1.82, 2.24) is 0 Å². The summed E-state index contributed by atoms with van der Waals surface area (Å²) in [5.41, 5.74) is 8.10. The van der Waals surface area contributed by atoms with E-state index in [1.807, 2.05) is 0 Å². The third kappa shape index (κ3) is 2.24. The summed E-state index contributed by atoms with van der Waals surface area (Å²) in [7, 11) is 0. The molecule has 1 unspecified atom stereocenters. The Bertz CT molecular complexity index is 360. The van der Waals surface area contributed by atoms with E-state index in [2.05, 4.69) is 38.1 Å². The largest absolute Gasteiger partial charge is 0.388 e. The Kier molecular flexibility index (Phi) is 3.55. The number of aliphatic hydroxyl groups excluding tert-OH is 1. The van der Waals surface area contributed by atoms with Crippen molar-refractivity contribution in [3.05, 3.63) is 35.4 Å². The van der Waals surface area contributed by atoms with Crippen LogP contribution >= 0.6 is 0 Å². The zero-order chi connectivity index (χ0) is 12.5. The van der Waals surface area contributed by atoms with Crippen LogP contribution in [0.2, 0.25) is 0 Å². The quantitative estimate of drug-likeness (QED) is 0.840. The number of benzene rings is 1. The van der Waals surface area contributed by atoms with Gasteiger partial charge in [-0.05, 0) is 29.9 Å². The molecule has 0 bridgehead atoms. The standard InChI is InChI=1S/C15H23NO/c1-11(2)12-4-6-13(7-5-12)14(17)15(10-16)8-3-9-15/h4-7,11,14,17H,3,8-10,16H2,1-2H3. The summed E-state index contributed by atoms with van der Waals surface area (Å²) in [5.74, 6) is 0.536. The highest BCUT2D eigenvalue weighted by molar-refractivity contribution is 5.27. The average Bonchev–Trinajstić information content (AvgIpc) is 2.28. The molecular weight excluding hydrogens is 210 g/mol. The fourth-order valence-electron chi connectivity index (χ4n) is 2.64. The maximum absolute atomic E-state index is 10.4. The Morgan fingerprint density at radius 1 is 1.18 bits per heavy atom. The van der Waals surface area contributed by atoms with Crippen molar-refractivity contribution >= 4 is 0 Å². The monoisotopic (exact) mass is 233 g/mol. The van der Waals surface area contributed by atoms with Crippen molar-refractivity contribution in [3.63, 3.8) is 0 Å². The zero-order valence-electron chi connectivity index (χ0n) is 10.8. The van der Waals surface area contributed by atoms with Crippen LogP contribution in [0.5, 0.6) is 0 Å². The van der Waals surface area contributed by atoms with Gasteiger partial charge in [-0.15, -0.1) is 0 Å². The minimum atomic E-state index is -0.400. The van der Waals surface area contributed by atoms with Gasteiger partial charge in [-0.25, -0.2) is 0 Å². The van der Waals surface area contributed by atoms with Gasteiger partial charge in [0.2, 0.25) is 0 Å². The van der Waals surface area contributed by atoms with Crippen LogP contribution in [0.15, 0.2) is 24.3 Å². The first-order chi connectivity index (χ1) is 8.09. The van der Waals surface area contributed by atoms with E-state index >= 15 is 0 Å². The second-order valence-electron chi connectivity index (χ2n) is 5.64. The molecule has 1 aromatic rings. The van der Waals surface area contributed by atoms with Crippen LogP contribution in [0, 0.1) is 5.41 Å². The highest BCUT2D eigenvalue weighted by Gasteiger charge is 2.42. The molecule has 3 N–H and O–H groups in total. The van der Waals surface area contributed by atoms with Gasteiger partial charge in [0.25, 0.3) is 0 Å². The van der Waals surface area contributed by atoms with E-state index in [0.717, 1.165) is 18.4 Å². The van der Waals surface area contributed by atoms with Gasteiger partial charge in [0, 0.05) is 12.0 Å². The Morgan fingerprint density at radius 3 is 2.06 bits per heavy atom. The van der Waals surface area contributed by atoms with Gasteiger partial charge in [0.15, 0.2) is 0 Å². The molecule has 2 nitrogen and oxygen atoms in total. The van der Waals surface area contributed by atoms with E-state index in [9.17, 15) is 5.11 Å². The molecule has 1 atom stereocenters. The third-order valence-electron chi connectivity index (χ3n) is 4.25. The van der Waals surface area contributed by atoms with E-state index in [4.69, 9.17) is 5.73 Å². The Balaban J connectivity index is 2.16. The van der Waals surface area contributed by atoms with Gasteiger partial charge in [0.05, 0.1) is 6.10 Å². The van der Waals surface area contributed by atoms with Crippen molar-refractivity contribution in [1.29, 1.82) is 0 Å². The molecule has 0 aromatic heterocycles. The van der Waals surface area contributed by atoms with Gasteiger partial charge >= 0.3 is 0 Å². The third-order valence-corrected chi connectivity index (χ3v) is 4.25. The SMILES string of the molecule is CC(C)c1ccc(C(O)C2(CN)CCC2)cc1. The van der Waals surface area contributed by atoms with E-state index in [1.54, 1.807) is 0 Å². The summed E-state index contributed by atoms with van der Waals surface area (Å²) in [6.45, 7) is 4.94. The molecular formula is C15H23NO. The first kappa shape index (κ1) is 12.6. The smallest absolute Gasteiger partial charge is 0.0858 e. The molecule has 0 heterocycles. The molecule has 1 aromatic carbocycles. The van der Waals surface area contributed by atoms with Crippen LogP contribution < -0.4 is 5.73 Å². The second-order valence-corrected chi connectivity index (χ2v) is 5.64. The summed E-state index contributed by atoms with van der Waals surface area (Å²) in [6.07, 6.45) is 2.90. The molecule has 94 valence electrons. The van der Waals surface area contributed by atoms with Crippen molar-refractivity contribution in [2.45, 2.75) is 45.1 Å². The highest BCUT2D eigenvalue weighted by Crippen LogP contribution is 2.49. The zero-order valence-corrected chi connectivity index (χ0v) is 10.8. The van der Waals surface area contributed by atoms with Gasteiger partial charge < -0.3 is 10.8 Å². The number of rotatable bonds is 4. The normalized spacial score (nSPS) is 20.1. The second kappa shape index (κ2) is 4.79. The lowest BCUT2D eigenvalue weighted by Gasteiger charge is -2.45. The first-order valence-corrected chi connectivity index (χ1v) is 6.57. The number of nitrogens with two attached hydrogens (primary N) is 1. The molecule has 1 aliphatic rings. The molecule has 1 aliphatic carbocycles. The van der Waals surface area contributed by atoms with Crippen molar-refractivity contribution in [2.24, 2.45) is 11.1 Å². The summed E-state index contributed by atoms with van der Waals surface area (Å²) < 4.78 is 0. The molecule has 0 saturated heterocycles. The van der Waals surface area contributed by atoms with E-state index < -0.39 is 6.10 Å². The highest BCUT2D eigenvalue weighted by atomic mass is 16.3. The predicted octanol–water partition coefficient (Wildman–Crippen LogP) is 2.97. The minimum Gasteiger partial charge on any atom is -0.388 e. The number of hydrogen-bond donors (Lipinski definition) is 2. The molecule has 2 heteroatoms. The summed E-state index contributed by atoms with van der Waals surface area (Å²) in [5, 5.41) is 10.4. The lowest BCUT2D eigenvalue weighted by atomic mass is 9.63. The predicted molar refractivity (Wildman–Crippen MR) is 70.8 cm³/mol. The number of hydrogen-bond acceptors (Lipinski definition) is 2. The van der Waals surface area contributed by atoms with Crippen molar-refractivity contribution in [3.8, 4) is 0 Å². The van der Waals surface area contributed by atoms with Crippen LogP contribution in [-0.4, -0.2) is 11.7 Å². The molecule has 0 spiro atoms. The maximum Gasteiger partial charge on any atom is 0.0858 e. The minimum absolute atomic E-state index is 0.0562. The van der Waals surface area contributed by atoms with Crippen molar-refractivity contribution < 1.29 is 5.11 Å². The number of aliphatic hydroxyl groups is 1. The molecule has 2 rings (SSSR count). The fraction of sp³-hybridized carbons (Fsp3) is 0.600. The van der Waals surface area contributed by atoms with Crippen LogP contribution in [-0.2, 0) is 0 Å². The van der Waals surface area contributed by atoms with Crippen LogP contribution in [0.3, 0.4) is 0 Å². The summed E-state index contributed by atoms with van der Waals surface area (Å²) in [6, 6.07) is 8.34. The fourth-order valence-corrected chi connectivity index (χ4v) is 2.64.